The molecule has 0 unspecified atom stereocenters. The van der Waals surface area contributed by atoms with Gasteiger partial charge in [0.15, 0.2) is 7.05 Å². The minimum atomic E-state index is -0.500. The van der Waals surface area contributed by atoms with Crippen molar-refractivity contribution >= 4 is 13.5 Å². The molecule has 3 nitrogen and oxygen atoms in total. The molecule has 0 aliphatic rings. The molecule has 0 amide bonds. The minimum absolute atomic E-state index is 0. The first-order valence-electron chi connectivity index (χ1n) is 0.812. The molecule has 0 saturated carbocycles. The van der Waals surface area contributed by atoms with Crippen LogP contribution in [0.1, 0.15) is 0 Å². The number of rotatable bonds is 0. The average Bonchev–Trinajstić information content (AvgIpc) is 0.811. The third kappa shape index (κ3) is 184. The summed E-state index contributed by atoms with van der Waals surface area (Å²) >= 11 is 0. The first-order chi connectivity index (χ1) is 1.73. The van der Waals surface area contributed by atoms with E-state index >= 15 is 0 Å². The molecule has 0 radical (unpaired) electrons. The molecule has 0 fully saturated rings. The molecule has 0 heterocycles. The van der Waals surface area contributed by atoms with Crippen molar-refractivity contribution in [1.82, 2.24) is 0 Å². The van der Waals surface area contributed by atoms with Crippen molar-refractivity contribution in [2.75, 3.05) is 7.05 Å². The molecule has 0 saturated heterocycles. The molecule has 0 N–H and O–H groups in total. The molecule has 5 heavy (non-hydrogen) atoms. The molecule has 0 aliphatic carbocycles. The van der Waals surface area contributed by atoms with Gasteiger partial charge in [-0.3, -0.25) is 10.1 Å². The first kappa shape index (κ1) is 8.83. The summed E-state index contributed by atoms with van der Waals surface area (Å²) in [6.07, 6.45) is 0. The van der Waals surface area contributed by atoms with Crippen LogP contribution in [0.4, 0.5) is 0 Å². The molecule has 0 aromatic heterocycles. The Morgan fingerprint density at radius 3 is 1.80 bits per heavy atom. The fraction of sp³-hybridized carbons (Fsp3) is 1.00. The summed E-state index contributed by atoms with van der Waals surface area (Å²) in [5, 5.41) is 8.81. The third-order valence-electron chi connectivity index (χ3n) is 0. The number of nitro groups is 1. The Morgan fingerprint density at radius 1 is 1.80 bits per heavy atom. The fourth-order valence-corrected chi connectivity index (χ4v) is 0. The van der Waals surface area contributed by atoms with E-state index in [9.17, 15) is 0 Å². The van der Waals surface area contributed by atoms with Gasteiger partial charge >= 0.3 is 0 Å². The molecule has 0 aliphatic heterocycles. The quantitative estimate of drug-likeness (QED) is 0.314. The number of hydrogen-bond acceptors (Lipinski definition) is 2. The zero-order chi connectivity index (χ0) is 3.58. The van der Waals surface area contributed by atoms with Crippen LogP contribution in [0, 0.1) is 10.1 Å². The van der Waals surface area contributed by atoms with E-state index in [4.69, 9.17) is 10.1 Å². The second-order valence-electron chi connectivity index (χ2n) is 0.440. The van der Waals surface area contributed by atoms with Crippen LogP contribution in [0.25, 0.3) is 0 Å². The van der Waals surface area contributed by atoms with Crippen molar-refractivity contribution in [3.8, 4) is 0 Å². The van der Waals surface area contributed by atoms with Crippen LogP contribution in [-0.4, -0.2) is 12.0 Å². The second-order valence-corrected chi connectivity index (χ2v) is 0.440. The summed E-state index contributed by atoms with van der Waals surface area (Å²) in [6.45, 7) is 0. The Kier molecular flexibility index (Phi) is 6.62. The Labute approximate surface area is 36.6 Å². The molecule has 0 aromatic rings. The van der Waals surface area contributed by atoms with E-state index in [-0.39, 0.29) is 13.5 Å². The topological polar surface area (TPSA) is 43.1 Å². The molecule has 0 atom stereocenters. The predicted molar refractivity (Wildman–Crippen MR) is 23.3 cm³/mol. The van der Waals surface area contributed by atoms with Gasteiger partial charge in [0.25, 0.3) is 0 Å². The van der Waals surface area contributed by atoms with Crippen molar-refractivity contribution < 1.29 is 4.92 Å². The summed E-state index contributed by atoms with van der Waals surface area (Å²) in [7, 11) is 0.889. The lowest BCUT2D eigenvalue weighted by atomic mass is 11.5. The third-order valence-corrected chi connectivity index (χ3v) is 0. The smallest absolute Gasteiger partial charge is 0.194 e. The SMILES string of the molecule is C[N+](=O)[O-].S. The molecular weight excluding hydrogens is 90.1 g/mol. The van der Waals surface area contributed by atoms with Gasteiger partial charge in [-0.1, -0.05) is 0 Å². The lowest BCUT2D eigenvalue weighted by Gasteiger charge is -1.63. The van der Waals surface area contributed by atoms with E-state index in [1.165, 1.54) is 0 Å². The van der Waals surface area contributed by atoms with Crippen LogP contribution < -0.4 is 0 Å². The molecule has 0 bridgehead atoms. The highest BCUT2D eigenvalue weighted by atomic mass is 32.1. The van der Waals surface area contributed by atoms with E-state index in [1.54, 1.807) is 0 Å². The summed E-state index contributed by atoms with van der Waals surface area (Å²) in [5.74, 6) is 0. The molecule has 32 valence electrons. The largest absolute Gasteiger partial charge is 0.265 e. The van der Waals surface area contributed by atoms with Crippen molar-refractivity contribution in [3.05, 3.63) is 10.1 Å². The van der Waals surface area contributed by atoms with Crippen LogP contribution in [0.15, 0.2) is 0 Å². The average molecular weight is 95.1 g/mol. The van der Waals surface area contributed by atoms with Crippen LogP contribution in [0.5, 0.6) is 0 Å². The summed E-state index contributed by atoms with van der Waals surface area (Å²) in [4.78, 5) is 8.31. The zero-order valence-electron chi connectivity index (χ0n) is 2.76. The van der Waals surface area contributed by atoms with Crippen molar-refractivity contribution in [2.24, 2.45) is 0 Å². The van der Waals surface area contributed by atoms with Gasteiger partial charge in [0.1, 0.15) is 0 Å². The molecule has 0 aromatic carbocycles. The maximum absolute atomic E-state index is 8.81. The van der Waals surface area contributed by atoms with Gasteiger partial charge in [-0.2, -0.15) is 13.5 Å². The van der Waals surface area contributed by atoms with Crippen molar-refractivity contribution in [3.63, 3.8) is 0 Å². The van der Waals surface area contributed by atoms with E-state index in [0.717, 1.165) is 7.05 Å². The minimum Gasteiger partial charge on any atom is -0.265 e. The van der Waals surface area contributed by atoms with Crippen LogP contribution in [0.2, 0.25) is 0 Å². The van der Waals surface area contributed by atoms with Crippen LogP contribution >= 0.6 is 13.5 Å². The lowest BCUT2D eigenvalue weighted by molar-refractivity contribution is -0.445. The predicted octanol–water partition coefficient (Wildman–Crippen LogP) is 0.00570. The zero-order valence-corrected chi connectivity index (χ0v) is 3.76. The van der Waals surface area contributed by atoms with Gasteiger partial charge in [0.2, 0.25) is 0 Å². The standard InChI is InChI=1S/CH3NO2.H2S/c1-2(3)4;/h1H3;1H2. The van der Waals surface area contributed by atoms with Gasteiger partial charge in [-0.05, 0) is 0 Å². The normalized spacial score (nSPS) is 5.00. The van der Waals surface area contributed by atoms with E-state index in [1.807, 2.05) is 0 Å². The summed E-state index contributed by atoms with van der Waals surface area (Å²) < 4.78 is 0. The van der Waals surface area contributed by atoms with Crippen molar-refractivity contribution in [1.29, 1.82) is 0 Å². The Morgan fingerprint density at radius 2 is 1.80 bits per heavy atom. The molecular formula is CH5NO2S. The van der Waals surface area contributed by atoms with Gasteiger partial charge in [-0.15, -0.1) is 0 Å². The van der Waals surface area contributed by atoms with E-state index in [2.05, 4.69) is 0 Å². The van der Waals surface area contributed by atoms with Crippen molar-refractivity contribution in [2.45, 2.75) is 0 Å². The van der Waals surface area contributed by atoms with Gasteiger partial charge in [0, 0.05) is 4.92 Å². The fourth-order valence-electron chi connectivity index (χ4n) is 0. The van der Waals surface area contributed by atoms with Gasteiger partial charge in [0.05, 0.1) is 0 Å². The van der Waals surface area contributed by atoms with Gasteiger partial charge < -0.3 is 0 Å². The number of nitrogens with zero attached hydrogens (tertiary/aromatic N) is 1. The second kappa shape index (κ2) is 3.75. The molecule has 4 heteroatoms. The van der Waals surface area contributed by atoms with Crippen LogP contribution in [0.3, 0.4) is 0 Å². The molecule has 0 rings (SSSR count). The molecule has 0 spiro atoms. The summed E-state index contributed by atoms with van der Waals surface area (Å²) in [5.41, 5.74) is 0. The van der Waals surface area contributed by atoms with Gasteiger partial charge in [-0.25, -0.2) is 0 Å². The highest BCUT2D eigenvalue weighted by Crippen LogP contribution is 1.39. The monoisotopic (exact) mass is 95.0 g/mol. The highest BCUT2D eigenvalue weighted by molar-refractivity contribution is 7.59. The van der Waals surface area contributed by atoms with E-state index in [0.29, 0.717) is 0 Å². The first-order valence-corrected chi connectivity index (χ1v) is 0.812. The number of hydrogen-bond donors (Lipinski definition) is 0. The van der Waals surface area contributed by atoms with Crippen LogP contribution in [-0.2, 0) is 0 Å². The maximum Gasteiger partial charge on any atom is 0.194 e. The van der Waals surface area contributed by atoms with E-state index < -0.39 is 4.92 Å². The Hall–Kier alpha value is -0.250. The Bertz CT molecular complexity index is 32.6. The summed E-state index contributed by atoms with van der Waals surface area (Å²) in [6, 6.07) is 0. The lowest BCUT2D eigenvalue weighted by Crippen LogP contribution is -1.79. The highest BCUT2D eigenvalue weighted by Gasteiger charge is 1.57. The Balaban J connectivity index is 0. The maximum atomic E-state index is 8.81.